The first-order valence-corrected chi connectivity index (χ1v) is 10.4. The van der Waals surface area contributed by atoms with Gasteiger partial charge in [-0.15, -0.1) is 11.8 Å². The minimum absolute atomic E-state index is 0.0318. The standard InChI is InChI=1S/C22H21N3O6S/c1-29-18-10-14(11-19(30-2)22(18)31-3)12-23-24-21(26)13-32-20-9-8-17(25(27)28)15-6-4-5-7-16(15)20/h4-12H,13H2,1-3H3,(H,24,26)/b23-12+. The summed E-state index contributed by atoms with van der Waals surface area (Å²) in [6.07, 6.45) is 1.47. The van der Waals surface area contributed by atoms with Crippen LogP contribution >= 0.6 is 11.8 Å². The maximum Gasteiger partial charge on any atom is 0.277 e. The van der Waals surface area contributed by atoms with Crippen molar-refractivity contribution in [2.45, 2.75) is 4.90 Å². The summed E-state index contributed by atoms with van der Waals surface area (Å²) in [4.78, 5) is 23.8. The molecule has 0 aliphatic heterocycles. The van der Waals surface area contributed by atoms with Gasteiger partial charge in [-0.2, -0.15) is 5.10 Å². The van der Waals surface area contributed by atoms with Crippen molar-refractivity contribution in [1.82, 2.24) is 5.43 Å². The zero-order valence-electron chi connectivity index (χ0n) is 17.7. The number of nitrogens with one attached hydrogen (secondary N) is 1. The summed E-state index contributed by atoms with van der Waals surface area (Å²) < 4.78 is 15.9. The number of carbonyl (C=O) groups is 1. The number of carbonyl (C=O) groups excluding carboxylic acids is 1. The van der Waals surface area contributed by atoms with E-state index in [9.17, 15) is 14.9 Å². The van der Waals surface area contributed by atoms with Crippen molar-refractivity contribution in [1.29, 1.82) is 0 Å². The Labute approximate surface area is 188 Å². The second kappa shape index (κ2) is 10.5. The fourth-order valence-electron chi connectivity index (χ4n) is 3.07. The second-order valence-corrected chi connectivity index (χ2v) is 7.44. The Morgan fingerprint density at radius 2 is 1.72 bits per heavy atom. The van der Waals surface area contributed by atoms with E-state index < -0.39 is 4.92 Å². The number of ether oxygens (including phenoxy) is 3. The van der Waals surface area contributed by atoms with Gasteiger partial charge in [0.2, 0.25) is 11.7 Å². The number of thioether (sulfide) groups is 1. The Kier molecular flexibility index (Phi) is 7.50. The van der Waals surface area contributed by atoms with Gasteiger partial charge in [-0.25, -0.2) is 5.43 Å². The van der Waals surface area contributed by atoms with Crippen molar-refractivity contribution in [3.63, 3.8) is 0 Å². The van der Waals surface area contributed by atoms with Gasteiger partial charge < -0.3 is 14.2 Å². The van der Waals surface area contributed by atoms with E-state index in [1.165, 1.54) is 45.4 Å². The molecule has 3 aromatic rings. The molecule has 166 valence electrons. The monoisotopic (exact) mass is 455 g/mol. The van der Waals surface area contributed by atoms with E-state index in [0.717, 1.165) is 10.3 Å². The molecule has 0 saturated heterocycles. The van der Waals surface area contributed by atoms with Crippen LogP contribution in [0.3, 0.4) is 0 Å². The van der Waals surface area contributed by atoms with Crippen molar-refractivity contribution < 1.29 is 23.9 Å². The van der Waals surface area contributed by atoms with E-state index in [1.807, 2.05) is 0 Å². The van der Waals surface area contributed by atoms with E-state index in [-0.39, 0.29) is 17.3 Å². The van der Waals surface area contributed by atoms with Crippen LogP contribution in [0, 0.1) is 10.1 Å². The number of nitro benzene ring substituents is 1. The van der Waals surface area contributed by atoms with Crippen LogP contribution in [0.4, 0.5) is 5.69 Å². The van der Waals surface area contributed by atoms with Crippen LogP contribution in [0.2, 0.25) is 0 Å². The maximum absolute atomic E-state index is 12.2. The first-order valence-electron chi connectivity index (χ1n) is 9.39. The van der Waals surface area contributed by atoms with Gasteiger partial charge in [0.1, 0.15) is 0 Å². The number of fused-ring (bicyclic) bond motifs is 1. The summed E-state index contributed by atoms with van der Waals surface area (Å²) in [6.45, 7) is 0. The molecule has 1 N–H and O–H groups in total. The van der Waals surface area contributed by atoms with Gasteiger partial charge in [0.25, 0.3) is 5.69 Å². The maximum atomic E-state index is 12.2. The van der Waals surface area contributed by atoms with E-state index >= 15 is 0 Å². The van der Waals surface area contributed by atoms with Crippen molar-refractivity contribution in [3.05, 3.63) is 64.2 Å². The highest BCUT2D eigenvalue weighted by Gasteiger charge is 2.15. The average molecular weight is 455 g/mol. The van der Waals surface area contributed by atoms with Crippen molar-refractivity contribution >= 4 is 40.3 Å². The molecule has 3 rings (SSSR count). The number of rotatable bonds is 9. The molecule has 0 aliphatic carbocycles. The molecule has 9 nitrogen and oxygen atoms in total. The van der Waals surface area contributed by atoms with Crippen molar-refractivity contribution in [2.24, 2.45) is 5.10 Å². The quantitative estimate of drug-likeness (QED) is 0.224. The fraction of sp³-hybridized carbons (Fsp3) is 0.182. The smallest absolute Gasteiger partial charge is 0.277 e. The summed E-state index contributed by atoms with van der Waals surface area (Å²) in [6, 6.07) is 13.5. The Morgan fingerprint density at radius 1 is 1.06 bits per heavy atom. The zero-order valence-corrected chi connectivity index (χ0v) is 18.5. The van der Waals surface area contributed by atoms with Crippen LogP contribution in [0.1, 0.15) is 5.56 Å². The topological polar surface area (TPSA) is 112 Å². The van der Waals surface area contributed by atoms with E-state index in [4.69, 9.17) is 14.2 Å². The third-order valence-electron chi connectivity index (χ3n) is 4.51. The molecule has 0 saturated carbocycles. The summed E-state index contributed by atoms with van der Waals surface area (Å²) in [7, 11) is 4.54. The predicted octanol–water partition coefficient (Wildman–Crippen LogP) is 4.02. The number of non-ortho nitro benzene ring substituents is 1. The normalized spacial score (nSPS) is 10.8. The molecule has 0 spiro atoms. The summed E-state index contributed by atoms with van der Waals surface area (Å²) in [5, 5.41) is 16.5. The summed E-state index contributed by atoms with van der Waals surface area (Å²) in [5.74, 6) is 1.18. The molecule has 0 aliphatic rings. The van der Waals surface area contributed by atoms with Crippen molar-refractivity contribution in [2.75, 3.05) is 27.1 Å². The fourth-order valence-corrected chi connectivity index (χ4v) is 3.92. The lowest BCUT2D eigenvalue weighted by atomic mass is 10.1. The molecule has 0 aromatic heterocycles. The van der Waals surface area contributed by atoms with Gasteiger partial charge in [0.05, 0.1) is 43.6 Å². The minimum atomic E-state index is -0.415. The highest BCUT2D eigenvalue weighted by Crippen LogP contribution is 2.37. The van der Waals surface area contributed by atoms with E-state index in [2.05, 4.69) is 10.5 Å². The van der Waals surface area contributed by atoms with Crippen LogP contribution in [0.15, 0.2) is 58.5 Å². The third-order valence-corrected chi connectivity index (χ3v) is 5.58. The molecule has 0 unspecified atom stereocenters. The number of methoxy groups -OCH3 is 3. The van der Waals surface area contributed by atoms with E-state index in [0.29, 0.717) is 28.2 Å². The zero-order chi connectivity index (χ0) is 23.1. The molecule has 0 atom stereocenters. The van der Waals surface area contributed by atoms with Crippen LogP contribution in [-0.4, -0.2) is 44.1 Å². The first-order chi connectivity index (χ1) is 15.5. The Bertz CT molecular complexity index is 1160. The third kappa shape index (κ3) is 5.09. The lowest BCUT2D eigenvalue weighted by Gasteiger charge is -2.12. The van der Waals surface area contributed by atoms with Crippen LogP contribution in [0.5, 0.6) is 17.2 Å². The van der Waals surface area contributed by atoms with Gasteiger partial charge in [-0.3, -0.25) is 14.9 Å². The Morgan fingerprint density at radius 3 is 2.31 bits per heavy atom. The molecule has 3 aromatic carbocycles. The molecule has 0 bridgehead atoms. The summed E-state index contributed by atoms with van der Waals surface area (Å²) >= 11 is 1.28. The average Bonchev–Trinajstić information content (AvgIpc) is 2.81. The van der Waals surface area contributed by atoms with Gasteiger partial charge in [0.15, 0.2) is 11.5 Å². The Hall–Kier alpha value is -3.79. The van der Waals surface area contributed by atoms with Crippen LogP contribution in [-0.2, 0) is 4.79 Å². The first kappa shape index (κ1) is 22.9. The second-order valence-electron chi connectivity index (χ2n) is 6.43. The number of nitro groups is 1. The number of hydrazone groups is 1. The highest BCUT2D eigenvalue weighted by molar-refractivity contribution is 8.00. The van der Waals surface area contributed by atoms with Gasteiger partial charge in [0, 0.05) is 21.9 Å². The summed E-state index contributed by atoms with van der Waals surface area (Å²) in [5.41, 5.74) is 3.15. The van der Waals surface area contributed by atoms with E-state index in [1.54, 1.807) is 42.5 Å². The van der Waals surface area contributed by atoms with Gasteiger partial charge in [-0.1, -0.05) is 18.2 Å². The van der Waals surface area contributed by atoms with Crippen LogP contribution < -0.4 is 19.6 Å². The lowest BCUT2D eigenvalue weighted by molar-refractivity contribution is -0.383. The molecule has 0 heterocycles. The number of nitrogens with zero attached hydrogens (tertiary/aromatic N) is 2. The minimum Gasteiger partial charge on any atom is -0.493 e. The van der Waals surface area contributed by atoms with Gasteiger partial charge >= 0.3 is 0 Å². The largest absolute Gasteiger partial charge is 0.493 e. The number of benzene rings is 3. The molecule has 0 radical (unpaired) electrons. The number of hydrogen-bond donors (Lipinski definition) is 1. The lowest BCUT2D eigenvalue weighted by Crippen LogP contribution is -2.19. The Balaban J connectivity index is 1.67. The highest BCUT2D eigenvalue weighted by atomic mass is 32.2. The predicted molar refractivity (Wildman–Crippen MR) is 123 cm³/mol. The molecule has 32 heavy (non-hydrogen) atoms. The number of hydrogen-bond acceptors (Lipinski definition) is 8. The molecular formula is C22H21N3O6S. The molecule has 1 amide bonds. The molecule has 10 heteroatoms. The SMILES string of the molecule is COc1cc(/C=N/NC(=O)CSc2ccc([N+](=O)[O-])c3ccccc23)cc(OC)c1OC. The molecule has 0 fully saturated rings. The number of amides is 1. The van der Waals surface area contributed by atoms with Crippen molar-refractivity contribution in [3.8, 4) is 17.2 Å². The molecular weight excluding hydrogens is 434 g/mol. The van der Waals surface area contributed by atoms with Gasteiger partial charge in [-0.05, 0) is 24.3 Å². The van der Waals surface area contributed by atoms with Crippen LogP contribution in [0.25, 0.3) is 10.8 Å².